The number of halogens is 1. The van der Waals surface area contributed by atoms with Crippen LogP contribution in [-0.2, 0) is 14.3 Å². The molecule has 1 aromatic carbocycles. The number of methoxy groups -OCH3 is 1. The van der Waals surface area contributed by atoms with Crippen LogP contribution in [0.25, 0.3) is 0 Å². The topological polar surface area (TPSA) is 55.8 Å². The highest BCUT2D eigenvalue weighted by atomic mass is 35.5. The minimum atomic E-state index is -0.392. The minimum Gasteiger partial charge on any atom is -0.482 e. The largest absolute Gasteiger partial charge is 0.482 e. The highest BCUT2D eigenvalue weighted by Crippen LogP contribution is 2.23. The Balaban J connectivity index is 2.66. The molecule has 0 N–H and O–H groups in total. The SMILES string of the molecule is COC(=O)C(C)CN(C(=O)COc1ccccc1Cl)C(C)C. The Kier molecular flexibility index (Phi) is 7.18. The summed E-state index contributed by atoms with van der Waals surface area (Å²) in [6, 6.07) is 6.92. The van der Waals surface area contributed by atoms with Gasteiger partial charge in [0.15, 0.2) is 6.61 Å². The highest BCUT2D eigenvalue weighted by Gasteiger charge is 2.24. The number of hydrogen-bond donors (Lipinski definition) is 0. The molecule has 122 valence electrons. The van der Waals surface area contributed by atoms with E-state index < -0.39 is 5.92 Å². The zero-order valence-electron chi connectivity index (χ0n) is 13.3. The maximum absolute atomic E-state index is 12.3. The number of hydrogen-bond acceptors (Lipinski definition) is 4. The van der Waals surface area contributed by atoms with Gasteiger partial charge >= 0.3 is 5.97 Å². The van der Waals surface area contributed by atoms with Crippen molar-refractivity contribution in [2.45, 2.75) is 26.8 Å². The maximum atomic E-state index is 12.3. The molecule has 6 heteroatoms. The second-order valence-corrected chi connectivity index (χ2v) is 5.69. The Morgan fingerprint density at radius 3 is 2.41 bits per heavy atom. The number of amides is 1. The van der Waals surface area contributed by atoms with Crippen LogP contribution in [0.4, 0.5) is 0 Å². The van der Waals surface area contributed by atoms with Gasteiger partial charge in [-0.15, -0.1) is 0 Å². The average Bonchev–Trinajstić information content (AvgIpc) is 2.50. The van der Waals surface area contributed by atoms with Gasteiger partial charge < -0.3 is 14.4 Å². The summed E-state index contributed by atoms with van der Waals surface area (Å²) in [6.45, 7) is 5.66. The van der Waals surface area contributed by atoms with E-state index in [1.165, 1.54) is 7.11 Å². The third-order valence-corrected chi connectivity index (χ3v) is 3.52. The van der Waals surface area contributed by atoms with Crippen LogP contribution in [0.1, 0.15) is 20.8 Å². The quantitative estimate of drug-likeness (QED) is 0.723. The van der Waals surface area contributed by atoms with E-state index in [9.17, 15) is 9.59 Å². The smallest absolute Gasteiger partial charge is 0.310 e. The molecular formula is C16H22ClNO4. The Morgan fingerprint density at radius 1 is 1.23 bits per heavy atom. The van der Waals surface area contributed by atoms with E-state index in [1.807, 2.05) is 13.8 Å². The summed E-state index contributed by atoms with van der Waals surface area (Å²) in [5.74, 6) is -0.477. The Labute approximate surface area is 136 Å². The number of rotatable bonds is 7. The molecule has 0 aliphatic carbocycles. The van der Waals surface area contributed by atoms with Crippen molar-refractivity contribution in [2.75, 3.05) is 20.3 Å². The predicted molar refractivity (Wildman–Crippen MR) is 85.0 cm³/mol. The van der Waals surface area contributed by atoms with Crippen LogP contribution >= 0.6 is 11.6 Å². The molecule has 0 bridgehead atoms. The van der Waals surface area contributed by atoms with Crippen molar-refractivity contribution in [1.29, 1.82) is 0 Å². The summed E-state index contributed by atoms with van der Waals surface area (Å²) < 4.78 is 10.2. The first-order valence-electron chi connectivity index (χ1n) is 7.11. The third kappa shape index (κ3) is 5.22. The van der Waals surface area contributed by atoms with Crippen LogP contribution in [-0.4, -0.2) is 43.1 Å². The van der Waals surface area contributed by atoms with Crippen LogP contribution in [0, 0.1) is 5.92 Å². The fourth-order valence-electron chi connectivity index (χ4n) is 1.96. The normalized spacial score (nSPS) is 11.9. The van der Waals surface area contributed by atoms with Gasteiger partial charge in [-0.3, -0.25) is 9.59 Å². The number of esters is 1. The number of ether oxygens (including phenoxy) is 2. The number of carbonyl (C=O) groups is 2. The van der Waals surface area contributed by atoms with Crippen LogP contribution in [0.3, 0.4) is 0 Å². The Morgan fingerprint density at radius 2 is 1.86 bits per heavy atom. The van der Waals surface area contributed by atoms with E-state index in [1.54, 1.807) is 36.1 Å². The standard InChI is InChI=1S/C16H22ClNO4/c1-11(2)18(9-12(3)16(20)21-4)15(19)10-22-14-8-6-5-7-13(14)17/h5-8,11-12H,9-10H2,1-4H3. The average molecular weight is 328 g/mol. The van der Waals surface area contributed by atoms with Gasteiger partial charge in [0.25, 0.3) is 5.91 Å². The van der Waals surface area contributed by atoms with Crippen molar-refractivity contribution in [3.8, 4) is 5.75 Å². The van der Waals surface area contributed by atoms with Gasteiger partial charge in [-0.05, 0) is 26.0 Å². The molecule has 0 aromatic heterocycles. The highest BCUT2D eigenvalue weighted by molar-refractivity contribution is 6.32. The van der Waals surface area contributed by atoms with E-state index in [-0.39, 0.29) is 31.1 Å². The van der Waals surface area contributed by atoms with Gasteiger partial charge in [-0.25, -0.2) is 0 Å². The lowest BCUT2D eigenvalue weighted by molar-refractivity contribution is -0.147. The second-order valence-electron chi connectivity index (χ2n) is 5.28. The van der Waals surface area contributed by atoms with Gasteiger partial charge in [0, 0.05) is 12.6 Å². The summed E-state index contributed by atoms with van der Waals surface area (Å²) in [7, 11) is 1.33. The van der Waals surface area contributed by atoms with Crippen LogP contribution < -0.4 is 4.74 Å². The summed E-state index contributed by atoms with van der Waals surface area (Å²) in [5.41, 5.74) is 0. The minimum absolute atomic E-state index is 0.0468. The molecular weight excluding hydrogens is 306 g/mol. The molecule has 0 aliphatic heterocycles. The summed E-state index contributed by atoms with van der Waals surface area (Å²) >= 11 is 5.98. The van der Waals surface area contributed by atoms with E-state index in [2.05, 4.69) is 0 Å². The fraction of sp³-hybridized carbons (Fsp3) is 0.500. The summed E-state index contributed by atoms with van der Waals surface area (Å²) in [6.07, 6.45) is 0. The first-order chi connectivity index (χ1) is 10.4. The van der Waals surface area contributed by atoms with Gasteiger partial charge in [0.05, 0.1) is 18.1 Å². The molecule has 0 saturated carbocycles. The van der Waals surface area contributed by atoms with Crippen LogP contribution in [0.2, 0.25) is 5.02 Å². The zero-order chi connectivity index (χ0) is 16.7. The van der Waals surface area contributed by atoms with Crippen LogP contribution in [0.15, 0.2) is 24.3 Å². The lowest BCUT2D eigenvalue weighted by atomic mass is 10.1. The van der Waals surface area contributed by atoms with Crippen molar-refractivity contribution in [1.82, 2.24) is 4.90 Å². The van der Waals surface area contributed by atoms with E-state index in [0.29, 0.717) is 10.8 Å². The van der Waals surface area contributed by atoms with Crippen LogP contribution in [0.5, 0.6) is 5.75 Å². The predicted octanol–water partition coefficient (Wildman–Crippen LogP) is 2.76. The number of benzene rings is 1. The molecule has 0 heterocycles. The third-order valence-electron chi connectivity index (χ3n) is 3.21. The van der Waals surface area contributed by atoms with Crippen molar-refractivity contribution in [2.24, 2.45) is 5.92 Å². The van der Waals surface area contributed by atoms with E-state index >= 15 is 0 Å². The van der Waals surface area contributed by atoms with Gasteiger partial charge in [-0.2, -0.15) is 0 Å². The first-order valence-corrected chi connectivity index (χ1v) is 7.49. The van der Waals surface area contributed by atoms with Crippen molar-refractivity contribution in [3.63, 3.8) is 0 Å². The molecule has 22 heavy (non-hydrogen) atoms. The van der Waals surface area contributed by atoms with E-state index in [0.717, 1.165) is 0 Å². The van der Waals surface area contributed by atoms with Crippen molar-refractivity contribution >= 4 is 23.5 Å². The number of nitrogens with zero attached hydrogens (tertiary/aromatic N) is 1. The Hall–Kier alpha value is -1.75. The molecule has 1 atom stereocenters. The molecule has 1 aromatic rings. The second kappa shape index (κ2) is 8.63. The molecule has 0 spiro atoms. The molecule has 1 rings (SSSR count). The lowest BCUT2D eigenvalue weighted by Gasteiger charge is -2.28. The lowest BCUT2D eigenvalue weighted by Crippen LogP contribution is -2.44. The molecule has 1 unspecified atom stereocenters. The molecule has 0 saturated heterocycles. The molecule has 1 amide bonds. The number of carbonyl (C=O) groups excluding carboxylic acids is 2. The summed E-state index contributed by atoms with van der Waals surface area (Å²) in [5, 5.41) is 0.453. The van der Waals surface area contributed by atoms with E-state index in [4.69, 9.17) is 21.1 Å². The fourth-order valence-corrected chi connectivity index (χ4v) is 2.15. The molecule has 5 nitrogen and oxygen atoms in total. The first kappa shape index (κ1) is 18.3. The maximum Gasteiger partial charge on any atom is 0.310 e. The Bertz CT molecular complexity index is 519. The van der Waals surface area contributed by atoms with Gasteiger partial charge in [-0.1, -0.05) is 30.7 Å². The van der Waals surface area contributed by atoms with Crippen molar-refractivity contribution < 1.29 is 19.1 Å². The zero-order valence-corrected chi connectivity index (χ0v) is 14.1. The summed E-state index contributed by atoms with van der Waals surface area (Å²) in [4.78, 5) is 25.4. The number of para-hydroxylation sites is 1. The molecule has 0 radical (unpaired) electrons. The monoisotopic (exact) mass is 327 g/mol. The van der Waals surface area contributed by atoms with Crippen molar-refractivity contribution in [3.05, 3.63) is 29.3 Å². The van der Waals surface area contributed by atoms with Gasteiger partial charge in [0.2, 0.25) is 0 Å². The van der Waals surface area contributed by atoms with Gasteiger partial charge in [0.1, 0.15) is 5.75 Å². The molecule has 0 aliphatic rings. The molecule has 0 fully saturated rings.